The van der Waals surface area contributed by atoms with E-state index in [1.807, 2.05) is 0 Å². The van der Waals surface area contributed by atoms with Crippen LogP contribution in [0.5, 0.6) is 0 Å². The van der Waals surface area contributed by atoms with E-state index in [1.165, 1.54) is 30.3 Å². The molecule has 0 spiro atoms. The summed E-state index contributed by atoms with van der Waals surface area (Å²) in [6.45, 7) is 2.88. The standard InChI is InChI=1S/C15H10F7/c1-9(13(16,17)14(18,19)15(20,21)22)11-8-4-6-10-5-2-3-7-12(10)11/h2-9H,1H2. The number of hydrogen-bond donors (Lipinski definition) is 0. The first kappa shape index (κ1) is 16.6. The van der Waals surface area contributed by atoms with Crippen LogP contribution in [0, 0.1) is 6.92 Å². The van der Waals surface area contributed by atoms with Crippen LogP contribution in [0.15, 0.2) is 42.5 Å². The zero-order valence-corrected chi connectivity index (χ0v) is 11.0. The van der Waals surface area contributed by atoms with E-state index in [0.29, 0.717) is 5.39 Å². The molecular weight excluding hydrogens is 313 g/mol. The summed E-state index contributed by atoms with van der Waals surface area (Å²) < 4.78 is 90.6. The first-order chi connectivity index (χ1) is 10.00. The molecule has 0 fully saturated rings. The molecule has 0 aliphatic carbocycles. The maximum atomic E-state index is 13.8. The number of rotatable bonds is 3. The number of alkyl halides is 7. The van der Waals surface area contributed by atoms with Crippen molar-refractivity contribution in [3.8, 4) is 0 Å². The summed E-state index contributed by atoms with van der Waals surface area (Å²) in [5.74, 6) is -14.1. The number of hydrogen-bond acceptors (Lipinski definition) is 0. The second kappa shape index (κ2) is 5.14. The van der Waals surface area contributed by atoms with Gasteiger partial charge < -0.3 is 0 Å². The molecule has 0 aromatic heterocycles. The van der Waals surface area contributed by atoms with Gasteiger partial charge in [0.25, 0.3) is 0 Å². The lowest BCUT2D eigenvalue weighted by Gasteiger charge is -2.33. The predicted molar refractivity (Wildman–Crippen MR) is 68.0 cm³/mol. The lowest BCUT2D eigenvalue weighted by Crippen LogP contribution is -2.54. The average Bonchev–Trinajstić information content (AvgIpc) is 2.44. The van der Waals surface area contributed by atoms with Gasteiger partial charge in [0.05, 0.1) is 5.92 Å². The van der Waals surface area contributed by atoms with Crippen LogP contribution < -0.4 is 0 Å². The second-order valence-corrected chi connectivity index (χ2v) is 4.82. The van der Waals surface area contributed by atoms with Crippen molar-refractivity contribution in [2.45, 2.75) is 23.9 Å². The van der Waals surface area contributed by atoms with Crippen LogP contribution in [0.4, 0.5) is 30.7 Å². The molecular formula is C15H10F7. The van der Waals surface area contributed by atoms with Crippen LogP contribution in [-0.4, -0.2) is 18.0 Å². The highest BCUT2D eigenvalue weighted by Gasteiger charge is 2.74. The van der Waals surface area contributed by atoms with Crippen molar-refractivity contribution in [3.05, 3.63) is 55.0 Å². The van der Waals surface area contributed by atoms with Crippen LogP contribution in [0.2, 0.25) is 0 Å². The molecule has 0 N–H and O–H groups in total. The van der Waals surface area contributed by atoms with Gasteiger partial charge in [0.2, 0.25) is 0 Å². The van der Waals surface area contributed by atoms with Crippen LogP contribution in [0.3, 0.4) is 0 Å². The molecule has 0 bridgehead atoms. The largest absolute Gasteiger partial charge is 0.459 e. The third kappa shape index (κ3) is 2.42. The highest BCUT2D eigenvalue weighted by atomic mass is 19.4. The monoisotopic (exact) mass is 323 g/mol. The third-order valence-electron chi connectivity index (χ3n) is 3.41. The van der Waals surface area contributed by atoms with E-state index in [4.69, 9.17) is 0 Å². The zero-order valence-electron chi connectivity index (χ0n) is 11.0. The molecule has 0 nitrogen and oxygen atoms in total. The molecule has 119 valence electrons. The highest BCUT2D eigenvalue weighted by molar-refractivity contribution is 5.86. The van der Waals surface area contributed by atoms with Crippen LogP contribution in [0.1, 0.15) is 11.5 Å². The van der Waals surface area contributed by atoms with E-state index >= 15 is 0 Å². The quantitative estimate of drug-likeness (QED) is 0.646. The molecule has 0 saturated carbocycles. The Labute approximate surface area is 121 Å². The summed E-state index contributed by atoms with van der Waals surface area (Å²) in [5, 5.41) is 0.599. The van der Waals surface area contributed by atoms with Gasteiger partial charge in [0, 0.05) is 0 Å². The van der Waals surface area contributed by atoms with Crippen molar-refractivity contribution in [1.82, 2.24) is 0 Å². The molecule has 2 rings (SSSR count). The van der Waals surface area contributed by atoms with Crippen LogP contribution in [0.25, 0.3) is 10.8 Å². The van der Waals surface area contributed by atoms with Crippen molar-refractivity contribution in [1.29, 1.82) is 0 Å². The van der Waals surface area contributed by atoms with Gasteiger partial charge >= 0.3 is 18.0 Å². The molecule has 0 aliphatic heterocycles. The maximum Gasteiger partial charge on any atom is 0.459 e. The zero-order chi connectivity index (χ0) is 16.8. The average molecular weight is 323 g/mol. The molecule has 2 aromatic carbocycles. The minimum atomic E-state index is -6.36. The molecule has 1 atom stereocenters. The second-order valence-electron chi connectivity index (χ2n) is 4.82. The smallest absolute Gasteiger partial charge is 0.199 e. The van der Waals surface area contributed by atoms with Gasteiger partial charge in [-0.25, -0.2) is 0 Å². The molecule has 7 heteroatoms. The van der Waals surface area contributed by atoms with Crippen LogP contribution in [-0.2, 0) is 0 Å². The summed E-state index contributed by atoms with van der Waals surface area (Å²) in [6, 6.07) is 9.87. The first-order valence-corrected chi connectivity index (χ1v) is 6.13. The fraction of sp³-hybridized carbons (Fsp3) is 0.267. The van der Waals surface area contributed by atoms with Gasteiger partial charge in [-0.2, -0.15) is 30.7 Å². The Bertz CT molecular complexity index is 668. The lowest BCUT2D eigenvalue weighted by molar-refractivity contribution is -0.357. The van der Waals surface area contributed by atoms with E-state index in [9.17, 15) is 30.7 Å². The number of halogens is 7. The fourth-order valence-corrected chi connectivity index (χ4v) is 2.16. The molecule has 1 radical (unpaired) electrons. The minimum absolute atomic E-state index is 0.155. The molecule has 0 heterocycles. The molecule has 22 heavy (non-hydrogen) atoms. The van der Waals surface area contributed by atoms with Gasteiger partial charge in [-0.3, -0.25) is 0 Å². The van der Waals surface area contributed by atoms with E-state index < -0.39 is 23.9 Å². The Morgan fingerprint density at radius 2 is 1.32 bits per heavy atom. The highest BCUT2D eigenvalue weighted by Crippen LogP contribution is 2.52. The van der Waals surface area contributed by atoms with Crippen LogP contribution >= 0.6 is 0 Å². The molecule has 1 unspecified atom stereocenters. The summed E-state index contributed by atoms with van der Waals surface area (Å²) in [7, 11) is 0. The Hall–Kier alpha value is -1.79. The van der Waals surface area contributed by atoms with E-state index in [1.54, 1.807) is 6.07 Å². The SMILES string of the molecule is [CH2]C(c1cccc2ccccc12)C(F)(F)C(F)(F)C(F)(F)F. The Kier molecular flexibility index (Phi) is 3.87. The predicted octanol–water partition coefficient (Wildman–Crippen LogP) is 5.59. The topological polar surface area (TPSA) is 0 Å². The first-order valence-electron chi connectivity index (χ1n) is 6.13. The summed E-state index contributed by atoms with van der Waals surface area (Å²) in [6.07, 6.45) is -6.36. The van der Waals surface area contributed by atoms with E-state index in [2.05, 4.69) is 6.92 Å². The van der Waals surface area contributed by atoms with Crippen molar-refractivity contribution >= 4 is 10.8 Å². The third-order valence-corrected chi connectivity index (χ3v) is 3.41. The molecule has 0 aliphatic rings. The molecule has 0 amide bonds. The van der Waals surface area contributed by atoms with Gasteiger partial charge in [0.15, 0.2) is 0 Å². The van der Waals surface area contributed by atoms with Crippen molar-refractivity contribution in [3.63, 3.8) is 0 Å². The number of fused-ring (bicyclic) bond motifs is 1. The Morgan fingerprint density at radius 1 is 0.773 bits per heavy atom. The van der Waals surface area contributed by atoms with E-state index in [-0.39, 0.29) is 10.9 Å². The minimum Gasteiger partial charge on any atom is -0.199 e. The van der Waals surface area contributed by atoms with Gasteiger partial charge in [-0.05, 0) is 23.3 Å². The summed E-state index contributed by atoms with van der Waals surface area (Å²) in [4.78, 5) is 0. The summed E-state index contributed by atoms with van der Waals surface area (Å²) >= 11 is 0. The Morgan fingerprint density at radius 3 is 1.91 bits per heavy atom. The number of benzene rings is 2. The van der Waals surface area contributed by atoms with Gasteiger partial charge in [0.1, 0.15) is 0 Å². The molecule has 0 saturated heterocycles. The van der Waals surface area contributed by atoms with Gasteiger partial charge in [-0.15, -0.1) is 0 Å². The Balaban J connectivity index is 2.56. The maximum absolute atomic E-state index is 13.8. The van der Waals surface area contributed by atoms with Crippen molar-refractivity contribution < 1.29 is 30.7 Å². The van der Waals surface area contributed by atoms with Gasteiger partial charge in [-0.1, -0.05) is 42.5 Å². The fourth-order valence-electron chi connectivity index (χ4n) is 2.16. The van der Waals surface area contributed by atoms with Crippen molar-refractivity contribution in [2.75, 3.05) is 0 Å². The normalized spacial score (nSPS) is 15.1. The van der Waals surface area contributed by atoms with E-state index in [0.717, 1.165) is 6.07 Å². The summed E-state index contributed by atoms with van der Waals surface area (Å²) in [5.41, 5.74) is -0.368. The lowest BCUT2D eigenvalue weighted by atomic mass is 9.87. The van der Waals surface area contributed by atoms with Crippen molar-refractivity contribution in [2.24, 2.45) is 0 Å². The molecule has 2 aromatic rings.